The number of fused-ring (bicyclic) bond motifs is 1. The van der Waals surface area contributed by atoms with Crippen LogP contribution < -0.4 is 0 Å². The predicted molar refractivity (Wildman–Crippen MR) is 21.0 cm³/mol. The number of allylic oxidation sites excluding steroid dienone is 1. The Balaban J connectivity index is 2.78. The van der Waals surface area contributed by atoms with Crippen LogP contribution in [0.4, 0.5) is 0 Å². The fourth-order valence-electron chi connectivity index (χ4n) is 0.380. The first-order chi connectivity index (χ1) is 2.47. The van der Waals surface area contributed by atoms with Gasteiger partial charge < -0.3 is 0 Å². The Labute approximate surface area is 34.2 Å². The van der Waals surface area contributed by atoms with Crippen LogP contribution in [0.15, 0.2) is 10.7 Å². The van der Waals surface area contributed by atoms with Gasteiger partial charge in [-0.05, 0) is 0 Å². The van der Waals surface area contributed by atoms with E-state index >= 15 is 0 Å². The first kappa shape index (κ1) is 2.18. The van der Waals surface area contributed by atoms with Crippen molar-refractivity contribution in [3.63, 3.8) is 0 Å². The van der Waals surface area contributed by atoms with Crippen LogP contribution in [-0.2, 0) is 3.76 Å². The van der Waals surface area contributed by atoms with Gasteiger partial charge in [0.1, 0.15) is 0 Å². The fourth-order valence-corrected chi connectivity index (χ4v) is 2.62. The van der Waals surface area contributed by atoms with Crippen molar-refractivity contribution < 1.29 is 3.76 Å². The van der Waals surface area contributed by atoms with Gasteiger partial charge in [-0.15, -0.1) is 0 Å². The SMILES string of the molecule is C1=[C]2[O][Ge]2=[CH]1. The third kappa shape index (κ3) is 0.126. The Morgan fingerprint density at radius 1 is 1.80 bits per heavy atom. The van der Waals surface area contributed by atoms with E-state index in [0.717, 1.165) is 0 Å². The molecule has 2 aliphatic rings. The molecule has 2 rings (SSSR count). The summed E-state index contributed by atoms with van der Waals surface area (Å²) in [5.74, 6) is 0. The normalized spacial score (nSPS) is 24.0. The van der Waals surface area contributed by atoms with Crippen molar-refractivity contribution in [2.45, 2.75) is 0 Å². The van der Waals surface area contributed by atoms with Crippen molar-refractivity contribution in [1.29, 1.82) is 0 Å². The monoisotopic (exact) mass is 128 g/mol. The molecule has 0 radical (unpaired) electrons. The molecule has 1 fully saturated rings. The molecule has 0 amide bonds. The minimum atomic E-state index is -0.773. The summed E-state index contributed by atoms with van der Waals surface area (Å²) < 4.78 is 6.34. The fraction of sp³-hybridized carbons (Fsp3) is 0. The molecule has 0 atom stereocenters. The molecule has 0 aliphatic carbocycles. The Bertz CT molecular complexity index is 118. The van der Waals surface area contributed by atoms with Crippen LogP contribution in [0.2, 0.25) is 0 Å². The summed E-state index contributed by atoms with van der Waals surface area (Å²) >= 11 is -0.773. The van der Waals surface area contributed by atoms with Crippen molar-refractivity contribution in [2.24, 2.45) is 0 Å². The Hall–Kier alpha value is -0.0471. The predicted octanol–water partition coefficient (Wildman–Crippen LogP) is -0.171. The summed E-state index contributed by atoms with van der Waals surface area (Å²) in [5.41, 5.74) is 0. The molecule has 1 saturated heterocycles. The third-order valence-electron chi connectivity index (χ3n) is 0.807. The quantitative estimate of drug-likeness (QED) is 0.324. The molecule has 2 aliphatic heterocycles. The Morgan fingerprint density at radius 2 is 2.60 bits per heavy atom. The van der Waals surface area contributed by atoms with Crippen LogP contribution in [-0.4, -0.2) is 19.1 Å². The first-order valence-corrected chi connectivity index (χ1v) is 4.69. The second-order valence-electron chi connectivity index (χ2n) is 1.16. The van der Waals surface area contributed by atoms with Crippen molar-refractivity contribution in [3.8, 4) is 0 Å². The van der Waals surface area contributed by atoms with Crippen LogP contribution in [0.25, 0.3) is 0 Å². The second kappa shape index (κ2) is 0.430. The van der Waals surface area contributed by atoms with E-state index in [2.05, 4.69) is 10.9 Å². The Kier molecular flexibility index (Phi) is 0.188. The van der Waals surface area contributed by atoms with Gasteiger partial charge in [0.2, 0.25) is 0 Å². The standard InChI is InChI=1S/C3H2GeO/c1-2-4-3(1)5-4/h1-2H. The van der Waals surface area contributed by atoms with Gasteiger partial charge >= 0.3 is 33.5 Å². The van der Waals surface area contributed by atoms with E-state index in [-0.39, 0.29) is 0 Å². The molecular weight excluding hydrogens is 125 g/mol. The van der Waals surface area contributed by atoms with Crippen molar-refractivity contribution in [3.05, 3.63) is 10.7 Å². The maximum absolute atomic E-state index is 5.00. The third-order valence-corrected chi connectivity index (χ3v) is 3.91. The molecular formula is C3H2GeO. The topological polar surface area (TPSA) is 12.5 Å². The molecule has 0 bridgehead atoms. The van der Waals surface area contributed by atoms with E-state index in [0.29, 0.717) is 0 Å². The summed E-state index contributed by atoms with van der Waals surface area (Å²) in [4.78, 5) is 2.20. The zero-order valence-electron chi connectivity index (χ0n) is 2.56. The average Bonchev–Trinajstić information content (AvgIpc) is 1.74. The van der Waals surface area contributed by atoms with E-state index in [1.165, 1.54) is 4.59 Å². The molecule has 0 N–H and O–H groups in total. The summed E-state index contributed by atoms with van der Waals surface area (Å²) in [6.07, 6.45) is 2.06. The molecule has 5 heavy (non-hydrogen) atoms. The number of rotatable bonds is 0. The Morgan fingerprint density at radius 3 is 2.60 bits per heavy atom. The summed E-state index contributed by atoms with van der Waals surface area (Å²) in [6, 6.07) is 0. The summed E-state index contributed by atoms with van der Waals surface area (Å²) in [5, 5.41) is 0. The van der Waals surface area contributed by atoms with Crippen LogP contribution in [0.5, 0.6) is 0 Å². The van der Waals surface area contributed by atoms with Crippen LogP contribution in [0.3, 0.4) is 0 Å². The van der Waals surface area contributed by atoms with Gasteiger partial charge in [-0.2, -0.15) is 0 Å². The van der Waals surface area contributed by atoms with E-state index in [9.17, 15) is 0 Å². The molecule has 24 valence electrons. The van der Waals surface area contributed by atoms with Crippen LogP contribution >= 0.6 is 0 Å². The van der Waals surface area contributed by atoms with Gasteiger partial charge in [-0.1, -0.05) is 0 Å². The van der Waals surface area contributed by atoms with Gasteiger partial charge in [0.15, 0.2) is 0 Å². The summed E-state index contributed by atoms with van der Waals surface area (Å²) in [7, 11) is 0. The molecule has 0 unspecified atom stereocenters. The molecule has 0 aromatic carbocycles. The number of hydrogen-bond donors (Lipinski definition) is 0. The molecule has 0 saturated carbocycles. The molecule has 2 heterocycles. The van der Waals surface area contributed by atoms with Crippen molar-refractivity contribution >= 4 is 19.1 Å². The zero-order chi connectivity index (χ0) is 3.28. The number of hydrogen-bond acceptors (Lipinski definition) is 1. The van der Waals surface area contributed by atoms with Gasteiger partial charge in [-0.3, -0.25) is 0 Å². The van der Waals surface area contributed by atoms with Gasteiger partial charge in [-0.25, -0.2) is 0 Å². The van der Waals surface area contributed by atoms with E-state index in [1.54, 1.807) is 0 Å². The molecule has 0 aromatic heterocycles. The molecule has 0 aromatic rings. The van der Waals surface area contributed by atoms with Gasteiger partial charge in [0, 0.05) is 0 Å². The molecule has 1 nitrogen and oxygen atoms in total. The van der Waals surface area contributed by atoms with E-state index in [4.69, 9.17) is 3.76 Å². The average molecular weight is 127 g/mol. The molecule has 2 heteroatoms. The zero-order valence-corrected chi connectivity index (χ0v) is 4.66. The van der Waals surface area contributed by atoms with Crippen LogP contribution in [0, 0.1) is 0 Å². The van der Waals surface area contributed by atoms with Gasteiger partial charge in [0.25, 0.3) is 0 Å². The maximum atomic E-state index is 5.00. The molecule has 0 spiro atoms. The van der Waals surface area contributed by atoms with Crippen molar-refractivity contribution in [2.75, 3.05) is 0 Å². The first-order valence-electron chi connectivity index (χ1n) is 1.57. The van der Waals surface area contributed by atoms with E-state index in [1.807, 2.05) is 0 Å². The van der Waals surface area contributed by atoms with E-state index < -0.39 is 14.2 Å². The van der Waals surface area contributed by atoms with Gasteiger partial charge in [0.05, 0.1) is 0 Å². The van der Waals surface area contributed by atoms with Crippen molar-refractivity contribution in [1.82, 2.24) is 0 Å². The van der Waals surface area contributed by atoms with Crippen LogP contribution in [0.1, 0.15) is 0 Å². The summed E-state index contributed by atoms with van der Waals surface area (Å²) in [6.45, 7) is 0. The minimum absolute atomic E-state index is 0.773. The second-order valence-corrected chi connectivity index (χ2v) is 4.85.